The van der Waals surface area contributed by atoms with Gasteiger partial charge in [-0.2, -0.15) is 0 Å². The molecule has 12 heavy (non-hydrogen) atoms. The fourth-order valence-electron chi connectivity index (χ4n) is 1.90. The van der Waals surface area contributed by atoms with Gasteiger partial charge in [0.25, 0.3) is 0 Å². The Labute approximate surface area is 77.6 Å². The zero-order valence-corrected chi connectivity index (χ0v) is 8.45. The Kier molecular flexibility index (Phi) is 1.77. The molecular formula is C10H15NS. The highest BCUT2D eigenvalue weighted by atomic mass is 32.1. The molecule has 2 atom stereocenters. The number of rotatable bonds is 2. The lowest BCUT2D eigenvalue weighted by molar-refractivity contribution is 0.617. The molecule has 1 aromatic rings. The molecule has 0 radical (unpaired) electrons. The molecular weight excluding hydrogens is 166 g/mol. The molecule has 0 saturated heterocycles. The quantitative estimate of drug-likeness (QED) is 0.745. The van der Waals surface area contributed by atoms with Crippen LogP contribution in [0.15, 0.2) is 11.4 Å². The molecule has 0 aliphatic heterocycles. The molecule has 0 amide bonds. The molecule has 1 aliphatic carbocycles. The van der Waals surface area contributed by atoms with Gasteiger partial charge in [0.15, 0.2) is 0 Å². The van der Waals surface area contributed by atoms with E-state index in [1.807, 2.05) is 0 Å². The summed E-state index contributed by atoms with van der Waals surface area (Å²) in [5.74, 6) is 0.728. The summed E-state index contributed by atoms with van der Waals surface area (Å²) in [7, 11) is 0. The first-order valence-corrected chi connectivity index (χ1v) is 5.39. The third-order valence-electron chi connectivity index (χ3n) is 2.91. The van der Waals surface area contributed by atoms with Crippen LogP contribution in [-0.2, 0) is 5.54 Å². The molecule has 0 aromatic carbocycles. The maximum atomic E-state index is 6.24. The predicted octanol–water partition coefficient (Wildman–Crippen LogP) is 2.64. The van der Waals surface area contributed by atoms with Gasteiger partial charge >= 0.3 is 0 Å². The zero-order valence-electron chi connectivity index (χ0n) is 7.63. The van der Waals surface area contributed by atoms with Crippen molar-refractivity contribution in [1.82, 2.24) is 0 Å². The number of hydrogen-bond acceptors (Lipinski definition) is 2. The van der Waals surface area contributed by atoms with Crippen LogP contribution in [0.2, 0.25) is 0 Å². The summed E-state index contributed by atoms with van der Waals surface area (Å²) >= 11 is 1.80. The molecule has 1 aliphatic rings. The van der Waals surface area contributed by atoms with Crippen LogP contribution in [0.1, 0.15) is 30.2 Å². The highest BCUT2D eigenvalue weighted by Crippen LogP contribution is 2.52. The van der Waals surface area contributed by atoms with Crippen molar-refractivity contribution in [3.8, 4) is 0 Å². The van der Waals surface area contributed by atoms with Crippen molar-refractivity contribution in [2.45, 2.75) is 32.2 Å². The minimum atomic E-state index is 0.0412. The summed E-state index contributed by atoms with van der Waals surface area (Å²) in [4.78, 5) is 1.37. The third-order valence-corrected chi connectivity index (χ3v) is 3.77. The first kappa shape index (κ1) is 8.27. The third kappa shape index (κ3) is 1.10. The summed E-state index contributed by atoms with van der Waals surface area (Å²) in [6.07, 6.45) is 2.39. The van der Waals surface area contributed by atoms with E-state index in [2.05, 4.69) is 25.3 Å². The summed E-state index contributed by atoms with van der Waals surface area (Å²) in [5.41, 5.74) is 7.64. The fraction of sp³-hybridized carbons (Fsp3) is 0.600. The topological polar surface area (TPSA) is 26.0 Å². The molecule has 1 aromatic heterocycles. The maximum absolute atomic E-state index is 6.24. The van der Waals surface area contributed by atoms with Gasteiger partial charge in [-0.25, -0.2) is 0 Å². The second kappa shape index (κ2) is 2.57. The molecule has 2 unspecified atom stereocenters. The Morgan fingerprint density at radius 1 is 1.75 bits per heavy atom. The summed E-state index contributed by atoms with van der Waals surface area (Å²) < 4.78 is 0. The lowest BCUT2D eigenvalue weighted by Crippen LogP contribution is -2.21. The smallest absolute Gasteiger partial charge is 0.0450 e. The highest BCUT2D eigenvalue weighted by Gasteiger charge is 2.50. The highest BCUT2D eigenvalue weighted by molar-refractivity contribution is 7.10. The predicted molar refractivity (Wildman–Crippen MR) is 53.3 cm³/mol. The van der Waals surface area contributed by atoms with Crippen molar-refractivity contribution in [3.63, 3.8) is 0 Å². The standard InChI is InChI=1S/C10H15NS/c1-3-8-5-10(8,11)9-4-7(2)12-6-9/h4,6,8H,3,5,11H2,1-2H3. The van der Waals surface area contributed by atoms with Crippen LogP contribution in [0.25, 0.3) is 0 Å². The van der Waals surface area contributed by atoms with Gasteiger partial charge in [0.1, 0.15) is 0 Å². The Morgan fingerprint density at radius 2 is 2.50 bits per heavy atom. The van der Waals surface area contributed by atoms with Gasteiger partial charge in [-0.3, -0.25) is 0 Å². The van der Waals surface area contributed by atoms with Crippen molar-refractivity contribution in [1.29, 1.82) is 0 Å². The zero-order chi connectivity index (χ0) is 8.77. The van der Waals surface area contributed by atoms with E-state index in [4.69, 9.17) is 5.73 Å². The first-order chi connectivity index (χ1) is 5.66. The van der Waals surface area contributed by atoms with Crippen molar-refractivity contribution in [2.75, 3.05) is 0 Å². The molecule has 1 heterocycles. The van der Waals surface area contributed by atoms with E-state index in [0.717, 1.165) is 5.92 Å². The van der Waals surface area contributed by atoms with Gasteiger partial charge in [0, 0.05) is 10.4 Å². The lowest BCUT2D eigenvalue weighted by atomic mass is 10.1. The number of thiophene rings is 1. The van der Waals surface area contributed by atoms with E-state index in [9.17, 15) is 0 Å². The second-order valence-corrected chi connectivity index (χ2v) is 4.91. The maximum Gasteiger partial charge on any atom is 0.0450 e. The number of aryl methyl sites for hydroxylation is 1. The molecule has 2 heteroatoms. The molecule has 1 fully saturated rings. The molecule has 2 N–H and O–H groups in total. The van der Waals surface area contributed by atoms with E-state index in [1.54, 1.807) is 11.3 Å². The number of hydrogen-bond donors (Lipinski definition) is 1. The van der Waals surface area contributed by atoms with E-state index in [1.165, 1.54) is 23.3 Å². The second-order valence-electron chi connectivity index (χ2n) is 3.80. The molecule has 0 spiro atoms. The van der Waals surface area contributed by atoms with Crippen LogP contribution in [0.3, 0.4) is 0 Å². The SMILES string of the molecule is CCC1CC1(N)c1csc(C)c1. The fourth-order valence-corrected chi connectivity index (χ4v) is 2.69. The monoisotopic (exact) mass is 181 g/mol. The number of nitrogens with two attached hydrogens (primary N) is 1. The van der Waals surface area contributed by atoms with Crippen molar-refractivity contribution < 1.29 is 0 Å². The Hall–Kier alpha value is -0.340. The van der Waals surface area contributed by atoms with E-state index >= 15 is 0 Å². The van der Waals surface area contributed by atoms with Gasteiger partial charge in [-0.1, -0.05) is 13.3 Å². The molecule has 66 valence electrons. The lowest BCUT2D eigenvalue weighted by Gasteiger charge is -2.07. The molecule has 0 bridgehead atoms. The van der Waals surface area contributed by atoms with Crippen LogP contribution in [0.4, 0.5) is 0 Å². The Balaban J connectivity index is 2.22. The van der Waals surface area contributed by atoms with Gasteiger partial charge in [-0.15, -0.1) is 11.3 Å². The Bertz CT molecular complexity index is 292. The van der Waals surface area contributed by atoms with E-state index < -0.39 is 0 Å². The van der Waals surface area contributed by atoms with Gasteiger partial charge in [0.2, 0.25) is 0 Å². The van der Waals surface area contributed by atoms with E-state index in [-0.39, 0.29) is 5.54 Å². The summed E-state index contributed by atoms with van der Waals surface area (Å²) in [6.45, 7) is 4.36. The largest absolute Gasteiger partial charge is 0.321 e. The van der Waals surface area contributed by atoms with E-state index in [0.29, 0.717) is 0 Å². The van der Waals surface area contributed by atoms with Gasteiger partial charge in [0.05, 0.1) is 0 Å². The minimum Gasteiger partial charge on any atom is -0.321 e. The van der Waals surface area contributed by atoms with Crippen LogP contribution >= 0.6 is 11.3 Å². The van der Waals surface area contributed by atoms with Crippen molar-refractivity contribution >= 4 is 11.3 Å². The van der Waals surface area contributed by atoms with Gasteiger partial charge < -0.3 is 5.73 Å². The van der Waals surface area contributed by atoms with Crippen LogP contribution in [0.5, 0.6) is 0 Å². The van der Waals surface area contributed by atoms with Gasteiger partial charge in [-0.05, 0) is 36.3 Å². The molecule has 1 nitrogen and oxygen atoms in total. The minimum absolute atomic E-state index is 0.0412. The van der Waals surface area contributed by atoms with Crippen LogP contribution in [-0.4, -0.2) is 0 Å². The normalized spacial score (nSPS) is 33.8. The van der Waals surface area contributed by atoms with Crippen LogP contribution in [0, 0.1) is 12.8 Å². The average molecular weight is 181 g/mol. The first-order valence-electron chi connectivity index (χ1n) is 4.51. The average Bonchev–Trinajstić information content (AvgIpc) is 2.50. The van der Waals surface area contributed by atoms with Crippen LogP contribution < -0.4 is 5.73 Å². The molecule has 1 saturated carbocycles. The summed E-state index contributed by atoms with van der Waals surface area (Å²) in [5, 5.41) is 2.21. The van der Waals surface area contributed by atoms with Crippen molar-refractivity contribution in [3.05, 3.63) is 21.9 Å². The van der Waals surface area contributed by atoms with Crippen molar-refractivity contribution in [2.24, 2.45) is 11.7 Å². The molecule has 2 rings (SSSR count). The Morgan fingerprint density at radius 3 is 2.92 bits per heavy atom. The summed E-state index contributed by atoms with van der Waals surface area (Å²) in [6, 6.07) is 2.24.